The molecule has 0 bridgehead atoms. The van der Waals surface area contributed by atoms with Crippen LogP contribution >= 0.6 is 11.3 Å². The summed E-state index contributed by atoms with van der Waals surface area (Å²) in [5, 5.41) is 0.840. The van der Waals surface area contributed by atoms with E-state index < -0.39 is 5.97 Å². The number of ether oxygens (including phenoxy) is 5. The smallest absolute Gasteiger partial charge is 0.338 e. The fraction of sp³-hybridized carbons (Fsp3) is 0.207. The van der Waals surface area contributed by atoms with E-state index in [0.717, 1.165) is 31.8 Å². The number of carbonyl (C=O) groups is 1. The fourth-order valence-electron chi connectivity index (χ4n) is 3.71. The number of thiophene rings is 1. The van der Waals surface area contributed by atoms with Crippen LogP contribution in [0, 0.1) is 6.92 Å². The molecular weight excluding hydrogens is 476 g/mol. The second-order valence-corrected chi connectivity index (χ2v) is 9.00. The molecular formula is C29H28O6S. The van der Waals surface area contributed by atoms with E-state index >= 15 is 0 Å². The lowest BCUT2D eigenvalue weighted by Gasteiger charge is -2.11. The van der Waals surface area contributed by atoms with Gasteiger partial charge in [-0.15, -0.1) is 11.3 Å². The Morgan fingerprint density at radius 1 is 0.861 bits per heavy atom. The SMILES string of the molecule is CCOC(=O)C(=Cc1sc2cc(OC)c(OC)cc2c1Oc1ccc(OC)cc1)c1ccc(C)cc1. The molecule has 0 aliphatic carbocycles. The predicted molar refractivity (Wildman–Crippen MR) is 144 cm³/mol. The lowest BCUT2D eigenvalue weighted by atomic mass is 10.0. The van der Waals surface area contributed by atoms with E-state index in [-0.39, 0.29) is 6.61 Å². The van der Waals surface area contributed by atoms with Gasteiger partial charge in [0.1, 0.15) is 11.5 Å². The van der Waals surface area contributed by atoms with Gasteiger partial charge in [-0.05, 0) is 55.8 Å². The van der Waals surface area contributed by atoms with E-state index in [1.807, 2.05) is 73.7 Å². The zero-order chi connectivity index (χ0) is 25.7. The van der Waals surface area contributed by atoms with E-state index in [4.69, 9.17) is 23.7 Å². The third kappa shape index (κ3) is 5.31. The summed E-state index contributed by atoms with van der Waals surface area (Å²) in [6.45, 7) is 4.07. The number of rotatable bonds is 9. The minimum Gasteiger partial charge on any atom is -0.497 e. The molecule has 186 valence electrons. The molecule has 1 heterocycles. The van der Waals surface area contributed by atoms with Crippen molar-refractivity contribution in [2.24, 2.45) is 0 Å². The van der Waals surface area contributed by atoms with Gasteiger partial charge >= 0.3 is 5.97 Å². The maximum absolute atomic E-state index is 13.0. The summed E-state index contributed by atoms with van der Waals surface area (Å²) in [6.07, 6.45) is 1.82. The zero-order valence-corrected chi connectivity index (χ0v) is 21.7. The summed E-state index contributed by atoms with van der Waals surface area (Å²) >= 11 is 1.49. The molecule has 36 heavy (non-hydrogen) atoms. The molecule has 0 N–H and O–H groups in total. The van der Waals surface area contributed by atoms with Crippen LogP contribution in [0.3, 0.4) is 0 Å². The Hall–Kier alpha value is -3.97. The first-order valence-corrected chi connectivity index (χ1v) is 12.2. The van der Waals surface area contributed by atoms with Crippen molar-refractivity contribution in [3.63, 3.8) is 0 Å². The molecule has 0 amide bonds. The number of methoxy groups -OCH3 is 3. The molecule has 0 radical (unpaired) electrons. The molecule has 0 aliphatic rings. The summed E-state index contributed by atoms with van der Waals surface area (Å²) in [4.78, 5) is 13.8. The lowest BCUT2D eigenvalue weighted by molar-refractivity contribution is -0.136. The summed E-state index contributed by atoms with van der Waals surface area (Å²) in [5.41, 5.74) is 2.32. The molecule has 3 aromatic carbocycles. The number of fused-ring (bicyclic) bond motifs is 1. The van der Waals surface area contributed by atoms with Crippen molar-refractivity contribution in [3.05, 3.63) is 76.7 Å². The maximum Gasteiger partial charge on any atom is 0.338 e. The van der Waals surface area contributed by atoms with Gasteiger partial charge in [0.15, 0.2) is 17.2 Å². The van der Waals surface area contributed by atoms with Crippen molar-refractivity contribution in [1.82, 2.24) is 0 Å². The molecule has 7 heteroatoms. The number of carbonyl (C=O) groups excluding carboxylic acids is 1. The number of hydrogen-bond donors (Lipinski definition) is 0. The predicted octanol–water partition coefficient (Wildman–Crippen LogP) is 7.13. The van der Waals surface area contributed by atoms with Crippen LogP contribution in [0.25, 0.3) is 21.7 Å². The average molecular weight is 505 g/mol. The molecule has 6 nitrogen and oxygen atoms in total. The number of benzene rings is 3. The Morgan fingerprint density at radius 2 is 1.50 bits per heavy atom. The molecule has 0 atom stereocenters. The second kappa shape index (κ2) is 11.2. The van der Waals surface area contributed by atoms with Gasteiger partial charge < -0.3 is 23.7 Å². The van der Waals surface area contributed by atoms with Crippen LogP contribution in [0.2, 0.25) is 0 Å². The third-order valence-electron chi connectivity index (χ3n) is 5.59. The van der Waals surface area contributed by atoms with E-state index in [1.54, 1.807) is 28.3 Å². The summed E-state index contributed by atoms with van der Waals surface area (Å²) in [6, 6.07) is 18.9. The minimum absolute atomic E-state index is 0.276. The maximum atomic E-state index is 13.0. The van der Waals surface area contributed by atoms with E-state index in [0.29, 0.717) is 28.6 Å². The van der Waals surface area contributed by atoms with Gasteiger partial charge in [0.05, 0.1) is 38.4 Å². The quantitative estimate of drug-likeness (QED) is 0.178. The minimum atomic E-state index is -0.399. The normalized spacial score (nSPS) is 11.3. The summed E-state index contributed by atoms with van der Waals surface area (Å²) in [5.74, 6) is 2.77. The Balaban J connectivity index is 1.92. The first kappa shape index (κ1) is 25.1. The van der Waals surface area contributed by atoms with Crippen molar-refractivity contribution < 1.29 is 28.5 Å². The molecule has 1 aromatic heterocycles. The average Bonchev–Trinajstić information content (AvgIpc) is 3.23. The Kier molecular flexibility index (Phi) is 7.80. The van der Waals surface area contributed by atoms with Crippen LogP contribution in [0.1, 0.15) is 22.9 Å². The van der Waals surface area contributed by atoms with Crippen LogP contribution in [0.4, 0.5) is 0 Å². The molecule has 0 unspecified atom stereocenters. The lowest BCUT2D eigenvalue weighted by Crippen LogP contribution is -2.06. The Bertz CT molecular complexity index is 1380. The first-order chi connectivity index (χ1) is 17.5. The van der Waals surface area contributed by atoms with Gasteiger partial charge in [0.25, 0.3) is 0 Å². The van der Waals surface area contributed by atoms with Gasteiger partial charge in [-0.3, -0.25) is 0 Å². The van der Waals surface area contributed by atoms with Crippen molar-refractivity contribution in [3.8, 4) is 28.7 Å². The van der Waals surface area contributed by atoms with Gasteiger partial charge in [-0.2, -0.15) is 0 Å². The van der Waals surface area contributed by atoms with Crippen LogP contribution in [-0.4, -0.2) is 33.9 Å². The fourth-order valence-corrected chi connectivity index (χ4v) is 4.80. The van der Waals surface area contributed by atoms with Gasteiger partial charge in [0, 0.05) is 16.2 Å². The van der Waals surface area contributed by atoms with Crippen LogP contribution < -0.4 is 18.9 Å². The molecule has 4 aromatic rings. The number of aryl methyl sites for hydroxylation is 1. The van der Waals surface area contributed by atoms with E-state index in [1.165, 1.54) is 11.3 Å². The van der Waals surface area contributed by atoms with Crippen molar-refractivity contribution in [1.29, 1.82) is 0 Å². The third-order valence-corrected chi connectivity index (χ3v) is 6.67. The van der Waals surface area contributed by atoms with E-state index in [2.05, 4.69) is 0 Å². The van der Waals surface area contributed by atoms with Gasteiger partial charge in [-0.1, -0.05) is 29.8 Å². The van der Waals surface area contributed by atoms with Crippen molar-refractivity contribution >= 4 is 39.0 Å². The molecule has 0 saturated carbocycles. The number of hydrogen-bond acceptors (Lipinski definition) is 7. The van der Waals surface area contributed by atoms with E-state index in [9.17, 15) is 4.79 Å². The second-order valence-electron chi connectivity index (χ2n) is 7.92. The molecule has 0 fully saturated rings. The summed E-state index contributed by atoms with van der Waals surface area (Å²) in [7, 11) is 4.81. The van der Waals surface area contributed by atoms with Crippen LogP contribution in [-0.2, 0) is 9.53 Å². The van der Waals surface area contributed by atoms with Crippen molar-refractivity contribution in [2.75, 3.05) is 27.9 Å². The Labute approximate surface area is 214 Å². The van der Waals surface area contributed by atoms with Gasteiger partial charge in [0.2, 0.25) is 0 Å². The molecule has 0 aliphatic heterocycles. The highest BCUT2D eigenvalue weighted by Crippen LogP contribution is 2.46. The van der Waals surface area contributed by atoms with Gasteiger partial charge in [-0.25, -0.2) is 4.79 Å². The topological polar surface area (TPSA) is 63.2 Å². The number of esters is 1. The molecule has 0 spiro atoms. The highest BCUT2D eigenvalue weighted by atomic mass is 32.1. The summed E-state index contributed by atoms with van der Waals surface area (Å²) < 4.78 is 29.0. The first-order valence-electron chi connectivity index (χ1n) is 11.4. The van der Waals surface area contributed by atoms with Crippen LogP contribution in [0.15, 0.2) is 60.7 Å². The molecule has 0 saturated heterocycles. The highest BCUT2D eigenvalue weighted by molar-refractivity contribution is 7.20. The Morgan fingerprint density at radius 3 is 2.11 bits per heavy atom. The zero-order valence-electron chi connectivity index (χ0n) is 20.9. The van der Waals surface area contributed by atoms with Crippen molar-refractivity contribution in [2.45, 2.75) is 13.8 Å². The highest BCUT2D eigenvalue weighted by Gasteiger charge is 2.21. The molecule has 4 rings (SSSR count). The largest absolute Gasteiger partial charge is 0.497 e. The monoisotopic (exact) mass is 504 g/mol. The standard InChI is InChI=1S/C29H28O6S/c1-6-34-29(30)22(19-9-7-18(2)8-10-19)16-27-28(35-21-13-11-20(31-3)12-14-21)23-15-24(32-4)25(33-5)17-26(23)36-27/h7-17H,6H2,1-5H3. The van der Waals surface area contributed by atoms with Crippen LogP contribution in [0.5, 0.6) is 28.7 Å².